The molecule has 1 aliphatic carbocycles. The summed E-state index contributed by atoms with van der Waals surface area (Å²) in [5.74, 6) is 1.91. The Hall–Kier alpha value is -1.06. The van der Waals surface area contributed by atoms with Crippen LogP contribution < -0.4 is 5.73 Å². The molecule has 2 nitrogen and oxygen atoms in total. The van der Waals surface area contributed by atoms with Crippen molar-refractivity contribution in [2.75, 3.05) is 0 Å². The molecule has 2 heterocycles. The van der Waals surface area contributed by atoms with Crippen LogP contribution in [0, 0.1) is 0 Å². The van der Waals surface area contributed by atoms with E-state index in [2.05, 4.69) is 13.0 Å². The van der Waals surface area contributed by atoms with E-state index in [4.69, 9.17) is 10.2 Å². The molecule has 0 radical (unpaired) electrons. The van der Waals surface area contributed by atoms with E-state index in [1.807, 2.05) is 23.5 Å². The van der Waals surface area contributed by atoms with Gasteiger partial charge in [0.25, 0.3) is 0 Å². The molecule has 0 amide bonds. The van der Waals surface area contributed by atoms with Gasteiger partial charge in [-0.2, -0.15) is 0 Å². The van der Waals surface area contributed by atoms with E-state index in [-0.39, 0.29) is 6.04 Å². The summed E-state index contributed by atoms with van der Waals surface area (Å²) in [5.41, 5.74) is 7.88. The standard InChI is InChI=1S/C16H21NOS/c1-2-12-8-9-13(18-12)16(17)15-10-11-6-4-3-5-7-14(11)19-15/h8-10,16H,2-7,17H2,1H3. The first-order valence-electron chi connectivity index (χ1n) is 7.23. The summed E-state index contributed by atoms with van der Waals surface area (Å²) in [6, 6.07) is 6.27. The number of hydrogen-bond acceptors (Lipinski definition) is 3. The lowest BCUT2D eigenvalue weighted by Gasteiger charge is -2.05. The van der Waals surface area contributed by atoms with Crippen molar-refractivity contribution in [2.24, 2.45) is 5.73 Å². The summed E-state index contributed by atoms with van der Waals surface area (Å²) >= 11 is 1.88. The zero-order chi connectivity index (χ0) is 13.2. The molecule has 1 aliphatic rings. The Morgan fingerprint density at radius 1 is 1.26 bits per heavy atom. The van der Waals surface area contributed by atoms with Crippen molar-refractivity contribution in [3.05, 3.63) is 45.0 Å². The molecule has 0 fully saturated rings. The Labute approximate surface area is 118 Å². The second-order valence-corrected chi connectivity index (χ2v) is 6.46. The quantitative estimate of drug-likeness (QED) is 0.852. The van der Waals surface area contributed by atoms with Gasteiger partial charge in [0.2, 0.25) is 0 Å². The zero-order valence-corrected chi connectivity index (χ0v) is 12.3. The van der Waals surface area contributed by atoms with Crippen molar-refractivity contribution < 1.29 is 4.42 Å². The summed E-state index contributed by atoms with van der Waals surface area (Å²) in [6.07, 6.45) is 7.37. The molecule has 2 aromatic heterocycles. The summed E-state index contributed by atoms with van der Waals surface area (Å²) < 4.78 is 5.79. The number of thiophene rings is 1. The van der Waals surface area contributed by atoms with Crippen molar-refractivity contribution in [1.29, 1.82) is 0 Å². The molecule has 2 aromatic rings. The van der Waals surface area contributed by atoms with Crippen LogP contribution in [0.3, 0.4) is 0 Å². The van der Waals surface area contributed by atoms with E-state index in [1.165, 1.54) is 42.5 Å². The molecule has 1 unspecified atom stereocenters. The summed E-state index contributed by atoms with van der Waals surface area (Å²) in [5, 5.41) is 0. The minimum Gasteiger partial charge on any atom is -0.464 e. The van der Waals surface area contributed by atoms with E-state index in [1.54, 1.807) is 4.88 Å². The van der Waals surface area contributed by atoms with Crippen LogP contribution in [-0.2, 0) is 19.3 Å². The van der Waals surface area contributed by atoms with Gasteiger partial charge in [-0.05, 0) is 49.4 Å². The molecule has 2 N–H and O–H groups in total. The Balaban J connectivity index is 1.85. The number of furan rings is 1. The van der Waals surface area contributed by atoms with E-state index in [9.17, 15) is 0 Å². The Bertz CT molecular complexity index is 531. The molecule has 19 heavy (non-hydrogen) atoms. The van der Waals surface area contributed by atoms with Gasteiger partial charge in [0, 0.05) is 16.2 Å². The first kappa shape index (κ1) is 12.9. The van der Waals surface area contributed by atoms with Gasteiger partial charge >= 0.3 is 0 Å². The molecule has 0 bridgehead atoms. The van der Waals surface area contributed by atoms with E-state index in [0.29, 0.717) is 0 Å². The fourth-order valence-electron chi connectivity index (χ4n) is 2.74. The van der Waals surface area contributed by atoms with Crippen LogP contribution in [-0.4, -0.2) is 0 Å². The average molecular weight is 275 g/mol. The van der Waals surface area contributed by atoms with E-state index < -0.39 is 0 Å². The summed E-state index contributed by atoms with van der Waals surface area (Å²) in [6.45, 7) is 2.10. The smallest absolute Gasteiger partial charge is 0.126 e. The predicted octanol–water partition coefficient (Wildman–Crippen LogP) is 4.22. The van der Waals surface area contributed by atoms with Gasteiger partial charge in [-0.25, -0.2) is 0 Å². The van der Waals surface area contributed by atoms with Crippen molar-refractivity contribution in [1.82, 2.24) is 0 Å². The van der Waals surface area contributed by atoms with Gasteiger partial charge in [0.15, 0.2) is 0 Å². The highest BCUT2D eigenvalue weighted by Gasteiger charge is 2.19. The lowest BCUT2D eigenvalue weighted by atomic mass is 10.1. The molecular formula is C16H21NOS. The van der Waals surface area contributed by atoms with E-state index >= 15 is 0 Å². The van der Waals surface area contributed by atoms with Crippen LogP contribution in [0.1, 0.15) is 59.1 Å². The minimum atomic E-state index is -0.0998. The van der Waals surface area contributed by atoms with Crippen LogP contribution in [0.2, 0.25) is 0 Å². The van der Waals surface area contributed by atoms with Crippen LogP contribution >= 0.6 is 11.3 Å². The van der Waals surface area contributed by atoms with Crippen LogP contribution in [0.5, 0.6) is 0 Å². The minimum absolute atomic E-state index is 0.0998. The van der Waals surface area contributed by atoms with Gasteiger partial charge in [0.1, 0.15) is 11.5 Å². The summed E-state index contributed by atoms with van der Waals surface area (Å²) in [7, 11) is 0. The van der Waals surface area contributed by atoms with Crippen molar-refractivity contribution in [3.8, 4) is 0 Å². The van der Waals surface area contributed by atoms with Crippen LogP contribution in [0.15, 0.2) is 22.6 Å². The highest BCUT2D eigenvalue weighted by atomic mass is 32.1. The third kappa shape index (κ3) is 2.63. The largest absolute Gasteiger partial charge is 0.464 e. The highest BCUT2D eigenvalue weighted by Crippen LogP contribution is 2.34. The Morgan fingerprint density at radius 3 is 2.89 bits per heavy atom. The Kier molecular flexibility index (Phi) is 3.76. The predicted molar refractivity (Wildman–Crippen MR) is 79.7 cm³/mol. The van der Waals surface area contributed by atoms with Gasteiger partial charge in [-0.3, -0.25) is 0 Å². The maximum Gasteiger partial charge on any atom is 0.126 e. The number of aryl methyl sites for hydroxylation is 3. The van der Waals surface area contributed by atoms with Gasteiger partial charge in [0.05, 0.1) is 6.04 Å². The molecule has 0 spiro atoms. The van der Waals surface area contributed by atoms with Crippen molar-refractivity contribution >= 4 is 11.3 Å². The lowest BCUT2D eigenvalue weighted by Crippen LogP contribution is -2.09. The second-order valence-electron chi connectivity index (χ2n) is 5.29. The number of fused-ring (bicyclic) bond motifs is 1. The molecule has 102 valence electrons. The topological polar surface area (TPSA) is 39.2 Å². The maximum atomic E-state index is 6.35. The van der Waals surface area contributed by atoms with Gasteiger partial charge in [-0.1, -0.05) is 13.3 Å². The van der Waals surface area contributed by atoms with Gasteiger partial charge < -0.3 is 10.2 Å². The SMILES string of the molecule is CCc1ccc(C(N)c2cc3c(s2)CCCCC3)o1. The molecule has 1 atom stereocenters. The van der Waals surface area contributed by atoms with Crippen LogP contribution in [0.4, 0.5) is 0 Å². The third-order valence-corrected chi connectivity index (χ3v) is 5.23. The number of hydrogen-bond donors (Lipinski definition) is 1. The molecule has 0 saturated heterocycles. The molecule has 3 heteroatoms. The molecule has 0 aromatic carbocycles. The first-order valence-corrected chi connectivity index (χ1v) is 8.05. The molecular weight excluding hydrogens is 254 g/mol. The monoisotopic (exact) mass is 275 g/mol. The van der Waals surface area contributed by atoms with Crippen molar-refractivity contribution in [2.45, 2.75) is 51.5 Å². The van der Waals surface area contributed by atoms with Gasteiger partial charge in [-0.15, -0.1) is 11.3 Å². The Morgan fingerprint density at radius 2 is 2.11 bits per heavy atom. The summed E-state index contributed by atoms with van der Waals surface area (Å²) in [4.78, 5) is 2.80. The van der Waals surface area contributed by atoms with Crippen LogP contribution in [0.25, 0.3) is 0 Å². The fraction of sp³-hybridized carbons (Fsp3) is 0.500. The second kappa shape index (κ2) is 5.51. The zero-order valence-electron chi connectivity index (χ0n) is 11.4. The normalized spacial score (nSPS) is 16.9. The maximum absolute atomic E-state index is 6.35. The number of nitrogens with two attached hydrogens (primary N) is 1. The number of rotatable bonds is 3. The average Bonchev–Trinajstić information content (AvgIpc) is 3.00. The lowest BCUT2D eigenvalue weighted by molar-refractivity contribution is 0.455. The van der Waals surface area contributed by atoms with E-state index in [0.717, 1.165) is 17.9 Å². The molecule has 0 aliphatic heterocycles. The molecule has 3 rings (SSSR count). The third-order valence-electron chi connectivity index (χ3n) is 3.91. The fourth-order valence-corrected chi connectivity index (χ4v) is 4.00. The first-order chi connectivity index (χ1) is 9.28. The highest BCUT2D eigenvalue weighted by molar-refractivity contribution is 7.12. The van der Waals surface area contributed by atoms with Crippen molar-refractivity contribution in [3.63, 3.8) is 0 Å². The molecule has 0 saturated carbocycles.